The van der Waals surface area contributed by atoms with Crippen molar-refractivity contribution in [3.8, 4) is 0 Å². The molecular formula is C10H14N2O2S. The fraction of sp³-hybridized carbons (Fsp3) is 0.500. The number of aryl methyl sites for hydroxylation is 2. The summed E-state index contributed by atoms with van der Waals surface area (Å²) in [5, 5.41) is 9.62. The number of hydrogen-bond acceptors (Lipinski definition) is 4. The monoisotopic (exact) mass is 226 g/mol. The Balaban J connectivity index is 3.14. The second-order valence-corrected chi connectivity index (χ2v) is 4.27. The van der Waals surface area contributed by atoms with Crippen LogP contribution in [-0.4, -0.2) is 26.8 Å². The molecule has 1 heterocycles. The lowest BCUT2D eigenvalue weighted by Crippen LogP contribution is -2.08. The van der Waals surface area contributed by atoms with Gasteiger partial charge >= 0.3 is 5.97 Å². The van der Waals surface area contributed by atoms with E-state index in [1.165, 1.54) is 11.8 Å². The van der Waals surface area contributed by atoms with Crippen LogP contribution in [0.3, 0.4) is 0 Å². The Bertz CT molecular complexity index is 380. The molecular weight excluding hydrogens is 212 g/mol. The Kier molecular flexibility index (Phi) is 4.08. The molecule has 5 heteroatoms. The van der Waals surface area contributed by atoms with E-state index in [0.717, 1.165) is 12.2 Å². The van der Waals surface area contributed by atoms with Crippen molar-refractivity contribution in [1.82, 2.24) is 9.97 Å². The largest absolute Gasteiger partial charge is 0.478 e. The molecule has 0 spiro atoms. The van der Waals surface area contributed by atoms with E-state index in [4.69, 9.17) is 5.11 Å². The Morgan fingerprint density at radius 2 is 2.07 bits per heavy atom. The molecule has 0 amide bonds. The number of carboxylic acids is 1. The molecule has 0 unspecified atom stereocenters. The smallest absolute Gasteiger partial charge is 0.340 e. The number of carbonyl (C=O) groups is 1. The SMILES string of the molecule is CCCSc1nc(C)nc(C)c1C(=O)O. The lowest BCUT2D eigenvalue weighted by molar-refractivity contribution is 0.0690. The predicted octanol–water partition coefficient (Wildman–Crippen LogP) is 2.29. The zero-order valence-electron chi connectivity index (χ0n) is 9.07. The minimum atomic E-state index is -0.953. The summed E-state index contributed by atoms with van der Waals surface area (Å²) >= 11 is 1.47. The van der Waals surface area contributed by atoms with Crippen LogP contribution in [0.25, 0.3) is 0 Å². The van der Waals surface area contributed by atoms with Gasteiger partial charge in [0.25, 0.3) is 0 Å². The molecule has 1 rings (SSSR count). The zero-order valence-corrected chi connectivity index (χ0v) is 9.89. The van der Waals surface area contributed by atoms with Gasteiger partial charge in [-0.2, -0.15) is 0 Å². The molecule has 0 fully saturated rings. The highest BCUT2D eigenvalue weighted by Gasteiger charge is 2.16. The molecule has 0 bridgehead atoms. The van der Waals surface area contributed by atoms with Gasteiger partial charge in [-0.3, -0.25) is 0 Å². The predicted molar refractivity (Wildman–Crippen MR) is 59.5 cm³/mol. The summed E-state index contributed by atoms with van der Waals surface area (Å²) in [5.74, 6) is 0.540. The summed E-state index contributed by atoms with van der Waals surface area (Å²) in [6.45, 7) is 5.52. The summed E-state index contributed by atoms with van der Waals surface area (Å²) in [6.07, 6.45) is 0.992. The van der Waals surface area contributed by atoms with Gasteiger partial charge in [0.15, 0.2) is 0 Å². The van der Waals surface area contributed by atoms with Gasteiger partial charge in [-0.25, -0.2) is 14.8 Å². The number of aromatic nitrogens is 2. The van der Waals surface area contributed by atoms with E-state index in [-0.39, 0.29) is 5.56 Å². The Labute approximate surface area is 93.1 Å². The van der Waals surface area contributed by atoms with Crippen LogP contribution >= 0.6 is 11.8 Å². The van der Waals surface area contributed by atoms with Crippen LogP contribution in [0.4, 0.5) is 0 Å². The van der Waals surface area contributed by atoms with Gasteiger partial charge in [-0.1, -0.05) is 6.92 Å². The van der Waals surface area contributed by atoms with Crippen LogP contribution in [0.1, 0.15) is 35.2 Å². The molecule has 0 aliphatic carbocycles. The number of thioether (sulfide) groups is 1. The van der Waals surface area contributed by atoms with Crippen molar-refractivity contribution < 1.29 is 9.90 Å². The second-order valence-electron chi connectivity index (χ2n) is 3.19. The number of carboxylic acid groups (broad SMARTS) is 1. The van der Waals surface area contributed by atoms with E-state index in [2.05, 4.69) is 9.97 Å². The minimum absolute atomic E-state index is 0.235. The molecule has 0 aliphatic heterocycles. The van der Waals surface area contributed by atoms with Gasteiger partial charge in [-0.05, 0) is 26.0 Å². The molecule has 0 aromatic carbocycles. The highest BCUT2D eigenvalue weighted by Crippen LogP contribution is 2.23. The highest BCUT2D eigenvalue weighted by atomic mass is 32.2. The summed E-state index contributed by atoms with van der Waals surface area (Å²) in [6, 6.07) is 0. The third kappa shape index (κ3) is 2.92. The summed E-state index contributed by atoms with van der Waals surface area (Å²) in [7, 11) is 0. The van der Waals surface area contributed by atoms with Gasteiger partial charge in [0.1, 0.15) is 16.4 Å². The maximum atomic E-state index is 11.0. The average molecular weight is 226 g/mol. The van der Waals surface area contributed by atoms with Crippen molar-refractivity contribution >= 4 is 17.7 Å². The van der Waals surface area contributed by atoms with Crippen LogP contribution < -0.4 is 0 Å². The lowest BCUT2D eigenvalue weighted by atomic mass is 10.2. The number of rotatable bonds is 4. The fourth-order valence-corrected chi connectivity index (χ4v) is 2.20. The van der Waals surface area contributed by atoms with Gasteiger partial charge in [0.05, 0.1) is 5.69 Å². The molecule has 0 radical (unpaired) electrons. The average Bonchev–Trinajstić information content (AvgIpc) is 2.12. The Morgan fingerprint density at radius 1 is 1.40 bits per heavy atom. The topological polar surface area (TPSA) is 63.1 Å². The van der Waals surface area contributed by atoms with Crippen LogP contribution in [0, 0.1) is 13.8 Å². The maximum absolute atomic E-state index is 11.0. The molecule has 0 saturated carbocycles. The molecule has 1 aromatic rings. The first-order valence-electron chi connectivity index (χ1n) is 4.77. The van der Waals surface area contributed by atoms with E-state index >= 15 is 0 Å². The van der Waals surface area contributed by atoms with Crippen LogP contribution in [-0.2, 0) is 0 Å². The first-order chi connectivity index (χ1) is 7.06. The molecule has 1 aromatic heterocycles. The van der Waals surface area contributed by atoms with Crippen molar-refractivity contribution in [2.24, 2.45) is 0 Å². The molecule has 0 atom stereocenters. The summed E-state index contributed by atoms with van der Waals surface area (Å²) in [5.41, 5.74) is 0.771. The van der Waals surface area contributed by atoms with Gasteiger partial charge in [0, 0.05) is 0 Å². The van der Waals surface area contributed by atoms with Gasteiger partial charge in [0.2, 0.25) is 0 Å². The van der Waals surface area contributed by atoms with Crippen molar-refractivity contribution in [2.75, 3.05) is 5.75 Å². The van der Waals surface area contributed by atoms with Crippen molar-refractivity contribution in [1.29, 1.82) is 0 Å². The summed E-state index contributed by atoms with van der Waals surface area (Å²) < 4.78 is 0. The molecule has 0 aliphatic rings. The van der Waals surface area contributed by atoms with E-state index < -0.39 is 5.97 Å². The van der Waals surface area contributed by atoms with E-state index in [1.54, 1.807) is 13.8 Å². The zero-order chi connectivity index (χ0) is 11.4. The Hall–Kier alpha value is -1.10. The maximum Gasteiger partial charge on any atom is 0.340 e. The second kappa shape index (κ2) is 5.11. The van der Waals surface area contributed by atoms with Crippen molar-refractivity contribution in [3.63, 3.8) is 0 Å². The fourth-order valence-electron chi connectivity index (χ4n) is 1.23. The van der Waals surface area contributed by atoms with Crippen molar-refractivity contribution in [3.05, 3.63) is 17.1 Å². The number of aromatic carboxylic acids is 1. The van der Waals surface area contributed by atoms with E-state index in [0.29, 0.717) is 16.5 Å². The van der Waals surface area contributed by atoms with Gasteiger partial charge in [-0.15, -0.1) is 11.8 Å². The third-order valence-corrected chi connectivity index (χ3v) is 3.01. The molecule has 4 nitrogen and oxygen atoms in total. The lowest BCUT2D eigenvalue weighted by Gasteiger charge is -2.07. The quantitative estimate of drug-likeness (QED) is 0.630. The third-order valence-electron chi connectivity index (χ3n) is 1.83. The van der Waals surface area contributed by atoms with Crippen molar-refractivity contribution in [2.45, 2.75) is 32.2 Å². The standard InChI is InChI=1S/C10H14N2O2S/c1-4-5-15-9-8(10(13)14)6(2)11-7(3)12-9/h4-5H2,1-3H3,(H,13,14). The van der Waals surface area contributed by atoms with E-state index in [1.807, 2.05) is 6.92 Å². The normalized spacial score (nSPS) is 10.3. The minimum Gasteiger partial charge on any atom is -0.478 e. The van der Waals surface area contributed by atoms with Crippen LogP contribution in [0.5, 0.6) is 0 Å². The molecule has 1 N–H and O–H groups in total. The first kappa shape index (κ1) is 12.0. The van der Waals surface area contributed by atoms with Crippen LogP contribution in [0.15, 0.2) is 5.03 Å². The molecule has 0 saturated heterocycles. The van der Waals surface area contributed by atoms with Gasteiger partial charge < -0.3 is 5.11 Å². The van der Waals surface area contributed by atoms with E-state index in [9.17, 15) is 4.79 Å². The number of nitrogens with zero attached hydrogens (tertiary/aromatic N) is 2. The first-order valence-corrected chi connectivity index (χ1v) is 5.76. The molecule has 82 valence electrons. The number of hydrogen-bond donors (Lipinski definition) is 1. The highest BCUT2D eigenvalue weighted by molar-refractivity contribution is 7.99. The van der Waals surface area contributed by atoms with Crippen LogP contribution in [0.2, 0.25) is 0 Å². The molecule has 15 heavy (non-hydrogen) atoms. The summed E-state index contributed by atoms with van der Waals surface area (Å²) in [4.78, 5) is 19.2. The Morgan fingerprint density at radius 3 is 2.60 bits per heavy atom.